The predicted octanol–water partition coefficient (Wildman–Crippen LogP) is 0.576. The molecule has 1 aliphatic heterocycles. The third-order valence-corrected chi connectivity index (χ3v) is 2.52. The molecule has 1 rings (SSSR count). The van der Waals surface area contributed by atoms with Crippen LogP contribution in [0.2, 0.25) is 0 Å². The van der Waals surface area contributed by atoms with Crippen molar-refractivity contribution in [1.82, 2.24) is 10.2 Å². The van der Waals surface area contributed by atoms with E-state index in [2.05, 4.69) is 10.2 Å². The number of nitrogens with zero attached hydrogens (tertiary/aromatic N) is 1. The number of carbonyl (C=O) groups is 1. The Balaban J connectivity index is 2.52. The van der Waals surface area contributed by atoms with Crippen molar-refractivity contribution in [2.75, 3.05) is 32.8 Å². The van der Waals surface area contributed by atoms with Crippen LogP contribution >= 0.6 is 11.6 Å². The highest BCUT2D eigenvalue weighted by Gasteiger charge is 2.28. The zero-order valence-electron chi connectivity index (χ0n) is 8.91. The van der Waals surface area contributed by atoms with Gasteiger partial charge in [-0.2, -0.15) is 0 Å². The highest BCUT2D eigenvalue weighted by molar-refractivity contribution is 6.25. The number of nitrogens with one attached hydrogen (secondary N) is 1. The lowest BCUT2D eigenvalue weighted by Crippen LogP contribution is -2.55. The lowest BCUT2D eigenvalue weighted by atomic mass is 10.2. The van der Waals surface area contributed by atoms with E-state index in [9.17, 15) is 4.79 Å². The van der Waals surface area contributed by atoms with Crippen LogP contribution in [0, 0.1) is 0 Å². The molecule has 0 aromatic carbocycles. The van der Waals surface area contributed by atoms with Gasteiger partial charge in [0.25, 0.3) is 0 Å². The Morgan fingerprint density at radius 2 is 2.53 bits per heavy atom. The van der Waals surface area contributed by atoms with Crippen LogP contribution in [-0.4, -0.2) is 49.7 Å². The summed E-state index contributed by atoms with van der Waals surface area (Å²) in [6.07, 6.45) is 1.83. The number of rotatable bonds is 4. The molecule has 1 unspecified atom stereocenters. The second-order valence-electron chi connectivity index (χ2n) is 3.33. The summed E-state index contributed by atoms with van der Waals surface area (Å²) in [6.45, 7) is 5.31. The molecule has 5 heteroatoms. The predicted molar refractivity (Wildman–Crippen MR) is 59.9 cm³/mol. The standard InChI is InChI=1S/C10H17ClN2O2/c1-2-15-10(14)9-8-12-5-7-13(9)6-3-4-11/h3-4,9,12H,2,5-8H2,1H3. The summed E-state index contributed by atoms with van der Waals surface area (Å²) in [7, 11) is 0. The average molecular weight is 233 g/mol. The fourth-order valence-electron chi connectivity index (χ4n) is 1.61. The maximum Gasteiger partial charge on any atom is 0.324 e. The molecule has 0 aromatic rings. The second kappa shape index (κ2) is 6.82. The van der Waals surface area contributed by atoms with E-state index < -0.39 is 0 Å². The van der Waals surface area contributed by atoms with E-state index in [0.29, 0.717) is 19.7 Å². The van der Waals surface area contributed by atoms with E-state index in [1.165, 1.54) is 5.54 Å². The van der Waals surface area contributed by atoms with Gasteiger partial charge in [-0.3, -0.25) is 9.69 Å². The van der Waals surface area contributed by atoms with E-state index in [4.69, 9.17) is 16.3 Å². The molecular weight excluding hydrogens is 216 g/mol. The maximum atomic E-state index is 11.6. The van der Waals surface area contributed by atoms with E-state index >= 15 is 0 Å². The number of carbonyl (C=O) groups excluding carboxylic acids is 1. The summed E-state index contributed by atoms with van der Waals surface area (Å²) in [4.78, 5) is 13.7. The van der Waals surface area contributed by atoms with Gasteiger partial charge in [0.1, 0.15) is 6.04 Å². The first kappa shape index (κ1) is 12.5. The minimum atomic E-state index is -0.188. The normalized spacial score (nSPS) is 23.2. The fourth-order valence-corrected chi connectivity index (χ4v) is 1.69. The molecule has 0 bridgehead atoms. The van der Waals surface area contributed by atoms with Gasteiger partial charge >= 0.3 is 5.97 Å². The number of esters is 1. The molecule has 0 spiro atoms. The SMILES string of the molecule is CCOC(=O)C1CNCCN1CC=CCl. The zero-order valence-corrected chi connectivity index (χ0v) is 9.67. The Hall–Kier alpha value is -0.580. The van der Waals surface area contributed by atoms with Gasteiger partial charge < -0.3 is 10.1 Å². The van der Waals surface area contributed by atoms with Crippen LogP contribution < -0.4 is 5.32 Å². The molecule has 15 heavy (non-hydrogen) atoms. The summed E-state index contributed by atoms with van der Waals surface area (Å²) in [5.74, 6) is -0.160. The number of hydrogen-bond donors (Lipinski definition) is 1. The van der Waals surface area contributed by atoms with Gasteiger partial charge in [-0.05, 0) is 6.92 Å². The van der Waals surface area contributed by atoms with Gasteiger partial charge in [0.15, 0.2) is 0 Å². The van der Waals surface area contributed by atoms with Crippen molar-refractivity contribution < 1.29 is 9.53 Å². The van der Waals surface area contributed by atoms with Crippen LogP contribution in [0.1, 0.15) is 6.92 Å². The Labute approximate surface area is 95.2 Å². The first-order valence-electron chi connectivity index (χ1n) is 5.16. The summed E-state index contributed by atoms with van der Waals surface area (Å²) in [6, 6.07) is -0.188. The van der Waals surface area contributed by atoms with Gasteiger partial charge in [-0.25, -0.2) is 0 Å². The third-order valence-electron chi connectivity index (χ3n) is 2.34. The van der Waals surface area contributed by atoms with Gasteiger partial charge in [0.2, 0.25) is 0 Å². The average Bonchev–Trinajstić information content (AvgIpc) is 2.27. The van der Waals surface area contributed by atoms with Crippen molar-refractivity contribution in [2.45, 2.75) is 13.0 Å². The maximum absolute atomic E-state index is 11.6. The van der Waals surface area contributed by atoms with Gasteiger partial charge in [0, 0.05) is 31.7 Å². The topological polar surface area (TPSA) is 41.6 Å². The number of ether oxygens (including phenoxy) is 1. The molecule has 1 atom stereocenters. The Morgan fingerprint density at radius 1 is 1.73 bits per heavy atom. The molecule has 0 amide bonds. The van der Waals surface area contributed by atoms with Gasteiger partial charge in [0.05, 0.1) is 6.61 Å². The van der Waals surface area contributed by atoms with Gasteiger partial charge in [-0.1, -0.05) is 17.7 Å². The number of piperazine rings is 1. The molecule has 0 aromatic heterocycles. The smallest absolute Gasteiger partial charge is 0.324 e. The van der Waals surface area contributed by atoms with Crippen LogP contribution in [-0.2, 0) is 9.53 Å². The molecular formula is C10H17ClN2O2. The zero-order chi connectivity index (χ0) is 11.1. The van der Waals surface area contributed by atoms with Crippen LogP contribution in [0.5, 0.6) is 0 Å². The molecule has 1 heterocycles. The molecule has 0 radical (unpaired) electrons. The summed E-state index contributed by atoms with van der Waals surface area (Å²) in [5.41, 5.74) is 1.48. The molecule has 1 fully saturated rings. The lowest BCUT2D eigenvalue weighted by Gasteiger charge is -2.33. The van der Waals surface area contributed by atoms with E-state index in [-0.39, 0.29) is 12.0 Å². The first-order chi connectivity index (χ1) is 7.29. The van der Waals surface area contributed by atoms with E-state index in [0.717, 1.165) is 13.1 Å². The summed E-state index contributed by atoms with van der Waals surface area (Å²) < 4.78 is 5.01. The molecule has 1 N–H and O–H groups in total. The highest BCUT2D eigenvalue weighted by atomic mass is 35.5. The third kappa shape index (κ3) is 3.81. The quantitative estimate of drug-likeness (QED) is 0.720. The van der Waals surface area contributed by atoms with E-state index in [1.54, 1.807) is 0 Å². The highest BCUT2D eigenvalue weighted by Crippen LogP contribution is 2.05. The van der Waals surface area contributed by atoms with Crippen LogP contribution in [0.4, 0.5) is 0 Å². The van der Waals surface area contributed by atoms with Crippen LogP contribution in [0.25, 0.3) is 0 Å². The Kier molecular flexibility index (Phi) is 5.68. The molecule has 1 saturated heterocycles. The van der Waals surface area contributed by atoms with Gasteiger partial charge in [-0.15, -0.1) is 0 Å². The molecule has 0 aliphatic carbocycles. The molecule has 4 nitrogen and oxygen atoms in total. The minimum absolute atomic E-state index is 0.160. The second-order valence-corrected chi connectivity index (χ2v) is 3.58. The van der Waals surface area contributed by atoms with Crippen molar-refractivity contribution in [3.8, 4) is 0 Å². The molecule has 0 saturated carbocycles. The fraction of sp³-hybridized carbons (Fsp3) is 0.700. The Morgan fingerprint density at radius 3 is 3.20 bits per heavy atom. The monoisotopic (exact) mass is 232 g/mol. The first-order valence-corrected chi connectivity index (χ1v) is 5.59. The van der Waals surface area contributed by atoms with Crippen molar-refractivity contribution in [3.05, 3.63) is 11.6 Å². The van der Waals surface area contributed by atoms with Crippen LogP contribution in [0.15, 0.2) is 11.6 Å². The summed E-state index contributed by atoms with van der Waals surface area (Å²) >= 11 is 5.47. The summed E-state index contributed by atoms with van der Waals surface area (Å²) in [5, 5.41) is 3.18. The van der Waals surface area contributed by atoms with Crippen molar-refractivity contribution in [1.29, 1.82) is 0 Å². The number of halogens is 1. The van der Waals surface area contributed by atoms with Crippen molar-refractivity contribution >= 4 is 17.6 Å². The van der Waals surface area contributed by atoms with Crippen molar-refractivity contribution in [2.24, 2.45) is 0 Å². The lowest BCUT2D eigenvalue weighted by molar-refractivity contribution is -0.149. The largest absolute Gasteiger partial charge is 0.465 e. The molecule has 1 aliphatic rings. The minimum Gasteiger partial charge on any atom is -0.465 e. The molecule has 86 valence electrons. The van der Waals surface area contributed by atoms with E-state index in [1.807, 2.05) is 13.0 Å². The van der Waals surface area contributed by atoms with Crippen molar-refractivity contribution in [3.63, 3.8) is 0 Å². The Bertz CT molecular complexity index is 233. The van der Waals surface area contributed by atoms with Crippen LogP contribution in [0.3, 0.4) is 0 Å². The number of hydrogen-bond acceptors (Lipinski definition) is 4.